The monoisotopic (exact) mass is 199 g/mol. The Morgan fingerprint density at radius 3 is 2.36 bits per heavy atom. The molecule has 0 saturated heterocycles. The molecule has 0 bridgehead atoms. The van der Waals surface area contributed by atoms with E-state index < -0.39 is 0 Å². The van der Waals surface area contributed by atoms with Gasteiger partial charge in [-0.25, -0.2) is 4.79 Å². The molecule has 1 unspecified atom stereocenters. The fraction of sp³-hybridized carbons (Fsp3) is 0.727. The standard InChI is InChI=1S/C11H21NO2/c1-5-10(12(7-3)8-4)9-14-11(13)6-2/h6,10H,2,5,7-9H2,1,3-4H3. The van der Waals surface area contributed by atoms with E-state index in [1.165, 1.54) is 6.08 Å². The van der Waals surface area contributed by atoms with Gasteiger partial charge in [0.2, 0.25) is 0 Å². The van der Waals surface area contributed by atoms with Gasteiger partial charge in [-0.05, 0) is 19.5 Å². The number of hydrogen-bond acceptors (Lipinski definition) is 3. The van der Waals surface area contributed by atoms with Crippen molar-refractivity contribution in [2.24, 2.45) is 0 Å². The normalized spacial score (nSPS) is 12.6. The Morgan fingerprint density at radius 2 is 2.00 bits per heavy atom. The van der Waals surface area contributed by atoms with Crippen LogP contribution in [0.4, 0.5) is 0 Å². The van der Waals surface area contributed by atoms with Crippen LogP contribution in [-0.4, -0.2) is 36.6 Å². The van der Waals surface area contributed by atoms with Gasteiger partial charge in [-0.3, -0.25) is 4.90 Å². The van der Waals surface area contributed by atoms with Gasteiger partial charge in [-0.15, -0.1) is 0 Å². The molecular weight excluding hydrogens is 178 g/mol. The molecule has 0 heterocycles. The fourth-order valence-electron chi connectivity index (χ4n) is 1.46. The van der Waals surface area contributed by atoms with Crippen LogP contribution >= 0.6 is 0 Å². The van der Waals surface area contributed by atoms with E-state index in [4.69, 9.17) is 4.74 Å². The lowest BCUT2D eigenvalue weighted by Crippen LogP contribution is -2.38. The molecule has 14 heavy (non-hydrogen) atoms. The molecule has 0 radical (unpaired) electrons. The molecule has 0 aromatic rings. The summed E-state index contributed by atoms with van der Waals surface area (Å²) in [6, 6.07) is 0.328. The number of likely N-dealkylation sites (N-methyl/N-ethyl adjacent to an activating group) is 1. The highest BCUT2D eigenvalue weighted by Gasteiger charge is 2.14. The molecule has 0 aliphatic carbocycles. The highest BCUT2D eigenvalue weighted by atomic mass is 16.5. The highest BCUT2D eigenvalue weighted by molar-refractivity contribution is 5.81. The van der Waals surface area contributed by atoms with Crippen LogP contribution in [0.2, 0.25) is 0 Å². The zero-order chi connectivity index (χ0) is 11.0. The van der Waals surface area contributed by atoms with Crippen molar-refractivity contribution >= 4 is 5.97 Å². The van der Waals surface area contributed by atoms with Crippen molar-refractivity contribution in [3.8, 4) is 0 Å². The lowest BCUT2D eigenvalue weighted by atomic mass is 10.2. The maximum absolute atomic E-state index is 10.9. The molecule has 0 aliphatic rings. The first-order chi connectivity index (χ1) is 6.69. The maximum atomic E-state index is 10.9. The van der Waals surface area contributed by atoms with Gasteiger partial charge in [0.25, 0.3) is 0 Å². The van der Waals surface area contributed by atoms with E-state index in [9.17, 15) is 4.79 Å². The number of hydrogen-bond donors (Lipinski definition) is 0. The summed E-state index contributed by atoms with van der Waals surface area (Å²) in [5.74, 6) is -0.337. The van der Waals surface area contributed by atoms with Gasteiger partial charge >= 0.3 is 5.97 Å². The van der Waals surface area contributed by atoms with Gasteiger partial charge in [-0.2, -0.15) is 0 Å². The zero-order valence-corrected chi connectivity index (χ0v) is 9.45. The summed E-state index contributed by atoms with van der Waals surface area (Å²) < 4.78 is 5.03. The average Bonchev–Trinajstić information content (AvgIpc) is 2.23. The second kappa shape index (κ2) is 7.56. The van der Waals surface area contributed by atoms with Crippen LogP contribution in [0.3, 0.4) is 0 Å². The number of ether oxygens (including phenoxy) is 1. The van der Waals surface area contributed by atoms with Gasteiger partial charge in [-0.1, -0.05) is 27.4 Å². The van der Waals surface area contributed by atoms with Gasteiger partial charge in [0, 0.05) is 12.1 Å². The Kier molecular flexibility index (Phi) is 7.11. The van der Waals surface area contributed by atoms with E-state index in [1.807, 2.05) is 0 Å². The van der Waals surface area contributed by atoms with Crippen molar-refractivity contribution in [1.29, 1.82) is 0 Å². The Bertz CT molecular complexity index is 176. The third kappa shape index (κ3) is 4.42. The van der Waals surface area contributed by atoms with Gasteiger partial charge in [0.15, 0.2) is 0 Å². The van der Waals surface area contributed by atoms with Crippen LogP contribution in [0, 0.1) is 0 Å². The molecule has 82 valence electrons. The average molecular weight is 199 g/mol. The molecule has 0 amide bonds. The van der Waals surface area contributed by atoms with Crippen molar-refractivity contribution in [2.75, 3.05) is 19.7 Å². The predicted molar refractivity (Wildman–Crippen MR) is 58.2 cm³/mol. The molecule has 1 atom stereocenters. The van der Waals surface area contributed by atoms with E-state index >= 15 is 0 Å². The van der Waals surface area contributed by atoms with Crippen LogP contribution in [0.15, 0.2) is 12.7 Å². The van der Waals surface area contributed by atoms with Crippen molar-refractivity contribution in [2.45, 2.75) is 33.2 Å². The second-order valence-electron chi connectivity index (χ2n) is 3.12. The first kappa shape index (κ1) is 13.2. The fourth-order valence-corrected chi connectivity index (χ4v) is 1.46. The Labute approximate surface area is 86.7 Å². The third-order valence-corrected chi connectivity index (χ3v) is 2.38. The number of carbonyl (C=O) groups is 1. The number of esters is 1. The van der Waals surface area contributed by atoms with E-state index in [0.29, 0.717) is 12.6 Å². The summed E-state index contributed by atoms with van der Waals surface area (Å²) in [5, 5.41) is 0. The molecular formula is C11H21NO2. The third-order valence-electron chi connectivity index (χ3n) is 2.38. The summed E-state index contributed by atoms with van der Waals surface area (Å²) in [5.41, 5.74) is 0. The van der Waals surface area contributed by atoms with Gasteiger partial charge in [0.1, 0.15) is 6.61 Å². The lowest BCUT2D eigenvalue weighted by molar-refractivity contribution is -0.139. The summed E-state index contributed by atoms with van der Waals surface area (Å²) in [7, 11) is 0. The first-order valence-corrected chi connectivity index (χ1v) is 5.22. The largest absolute Gasteiger partial charge is 0.461 e. The van der Waals surface area contributed by atoms with Gasteiger partial charge in [0.05, 0.1) is 0 Å². The maximum Gasteiger partial charge on any atom is 0.330 e. The van der Waals surface area contributed by atoms with E-state index in [2.05, 4.69) is 32.3 Å². The Hall–Kier alpha value is -0.830. The van der Waals surface area contributed by atoms with Gasteiger partial charge < -0.3 is 4.74 Å². The molecule has 0 spiro atoms. The quantitative estimate of drug-likeness (QED) is 0.463. The highest BCUT2D eigenvalue weighted by Crippen LogP contribution is 2.04. The second-order valence-corrected chi connectivity index (χ2v) is 3.12. The summed E-state index contributed by atoms with van der Waals surface area (Å²) in [6.45, 7) is 12.1. The Morgan fingerprint density at radius 1 is 1.43 bits per heavy atom. The summed E-state index contributed by atoms with van der Waals surface area (Å²) >= 11 is 0. The SMILES string of the molecule is C=CC(=O)OCC(CC)N(CC)CC. The minimum atomic E-state index is -0.337. The molecule has 0 fully saturated rings. The van der Waals surface area contributed by atoms with Crippen LogP contribution in [0.25, 0.3) is 0 Å². The molecule has 0 aliphatic heterocycles. The molecule has 0 aromatic carbocycles. The van der Waals surface area contributed by atoms with E-state index in [0.717, 1.165) is 19.5 Å². The molecule has 0 rings (SSSR count). The molecule has 3 nitrogen and oxygen atoms in total. The molecule has 3 heteroatoms. The van der Waals surface area contributed by atoms with Crippen LogP contribution in [-0.2, 0) is 9.53 Å². The number of carbonyl (C=O) groups excluding carboxylic acids is 1. The minimum absolute atomic E-state index is 0.328. The Balaban J connectivity index is 4.00. The minimum Gasteiger partial charge on any atom is -0.461 e. The van der Waals surface area contributed by atoms with Crippen molar-refractivity contribution in [1.82, 2.24) is 4.90 Å². The summed E-state index contributed by atoms with van der Waals surface area (Å²) in [4.78, 5) is 13.2. The van der Waals surface area contributed by atoms with E-state index in [1.54, 1.807) is 0 Å². The molecule has 0 N–H and O–H groups in total. The lowest BCUT2D eigenvalue weighted by Gasteiger charge is -2.27. The van der Waals surface area contributed by atoms with Crippen LogP contribution in [0.1, 0.15) is 27.2 Å². The first-order valence-electron chi connectivity index (χ1n) is 5.22. The van der Waals surface area contributed by atoms with Crippen molar-refractivity contribution < 1.29 is 9.53 Å². The van der Waals surface area contributed by atoms with Crippen LogP contribution in [0.5, 0.6) is 0 Å². The zero-order valence-electron chi connectivity index (χ0n) is 9.45. The molecule has 0 aromatic heterocycles. The number of nitrogens with zero attached hydrogens (tertiary/aromatic N) is 1. The van der Waals surface area contributed by atoms with E-state index in [-0.39, 0.29) is 5.97 Å². The molecule has 0 saturated carbocycles. The smallest absolute Gasteiger partial charge is 0.330 e. The predicted octanol–water partition coefficient (Wildman–Crippen LogP) is 1.84. The topological polar surface area (TPSA) is 29.5 Å². The van der Waals surface area contributed by atoms with Crippen molar-refractivity contribution in [3.05, 3.63) is 12.7 Å². The van der Waals surface area contributed by atoms with Crippen LogP contribution < -0.4 is 0 Å². The number of rotatable bonds is 7. The van der Waals surface area contributed by atoms with Crippen molar-refractivity contribution in [3.63, 3.8) is 0 Å². The summed E-state index contributed by atoms with van der Waals surface area (Å²) in [6.07, 6.45) is 2.20.